The van der Waals surface area contributed by atoms with Crippen molar-refractivity contribution in [2.24, 2.45) is 0 Å². The first-order valence-corrected chi connectivity index (χ1v) is 18.1. The van der Waals surface area contributed by atoms with Crippen LogP contribution < -0.4 is 4.74 Å². The van der Waals surface area contributed by atoms with E-state index in [1.54, 1.807) is 0 Å². The minimum absolute atomic E-state index is 0.361. The average Bonchev–Trinajstić information content (AvgIpc) is 3.79. The van der Waals surface area contributed by atoms with E-state index in [2.05, 4.69) is 152 Å². The van der Waals surface area contributed by atoms with Gasteiger partial charge in [0, 0.05) is 51.6 Å². The maximum Gasteiger partial charge on any atom is 0.139 e. The molecule has 6 heteroatoms. The van der Waals surface area contributed by atoms with Gasteiger partial charge in [-0.15, -0.1) is 0 Å². The van der Waals surface area contributed by atoms with E-state index in [4.69, 9.17) is 9.72 Å². The Kier molecular flexibility index (Phi) is 7.51. The zero-order valence-corrected chi connectivity index (χ0v) is 30.4. The Labute approximate surface area is 303 Å². The van der Waals surface area contributed by atoms with Crippen molar-refractivity contribution in [3.05, 3.63) is 150 Å². The van der Waals surface area contributed by atoms with Crippen LogP contribution in [0.3, 0.4) is 0 Å². The number of pyridine rings is 1. The third-order valence-corrected chi connectivity index (χ3v) is 10.3. The van der Waals surface area contributed by atoms with Gasteiger partial charge in [-0.05, 0) is 79.3 Å². The smallest absolute Gasteiger partial charge is 0.139 e. The summed E-state index contributed by atoms with van der Waals surface area (Å²) in [5, 5.41) is 9.55. The molecule has 4 heterocycles. The van der Waals surface area contributed by atoms with Gasteiger partial charge in [-0.3, -0.25) is 4.57 Å². The SMILES string of the molecule is Cc1cc(C)n(-c2cccc(Oc3ccc4c5ccccc5n(-c5cc(-n6c7c(C(C)C)cccc7c7cccc(C(C)C)c76)ccn5)c4c3)c2)n1. The molecule has 4 aromatic heterocycles. The molecule has 52 heavy (non-hydrogen) atoms. The second kappa shape index (κ2) is 12.3. The number of hydrogen-bond donors (Lipinski definition) is 0. The molecule has 0 aliphatic rings. The van der Waals surface area contributed by atoms with Gasteiger partial charge in [0.25, 0.3) is 0 Å². The quantitative estimate of drug-likeness (QED) is 0.168. The summed E-state index contributed by atoms with van der Waals surface area (Å²) < 4.78 is 13.3. The third-order valence-electron chi connectivity index (χ3n) is 10.3. The van der Waals surface area contributed by atoms with Crippen LogP contribution in [0.1, 0.15) is 62.0 Å². The number of hydrogen-bond acceptors (Lipinski definition) is 3. The second-order valence-corrected chi connectivity index (χ2v) is 14.5. The van der Waals surface area contributed by atoms with Gasteiger partial charge in [-0.25, -0.2) is 9.67 Å². The summed E-state index contributed by atoms with van der Waals surface area (Å²) in [5.74, 6) is 3.08. The van der Waals surface area contributed by atoms with Gasteiger partial charge in [0.05, 0.1) is 39.1 Å². The van der Waals surface area contributed by atoms with Crippen LogP contribution in [-0.4, -0.2) is 23.9 Å². The van der Waals surface area contributed by atoms with Gasteiger partial charge in [-0.1, -0.05) is 88.4 Å². The van der Waals surface area contributed by atoms with Gasteiger partial charge < -0.3 is 9.30 Å². The van der Waals surface area contributed by atoms with Crippen LogP contribution in [0, 0.1) is 13.8 Å². The molecule has 0 amide bonds. The molecular formula is C46H41N5O. The number of fused-ring (bicyclic) bond motifs is 6. The summed E-state index contributed by atoms with van der Waals surface area (Å²) >= 11 is 0. The minimum atomic E-state index is 0.361. The molecule has 0 aliphatic heterocycles. The van der Waals surface area contributed by atoms with E-state index < -0.39 is 0 Å². The summed E-state index contributed by atoms with van der Waals surface area (Å²) in [6, 6.07) is 43.0. The van der Waals surface area contributed by atoms with E-state index in [0.717, 1.165) is 56.5 Å². The lowest BCUT2D eigenvalue weighted by atomic mass is 9.98. The van der Waals surface area contributed by atoms with E-state index in [1.165, 1.54) is 38.3 Å². The molecule has 0 radical (unpaired) electrons. The second-order valence-electron chi connectivity index (χ2n) is 14.5. The molecule has 9 rings (SSSR count). The van der Waals surface area contributed by atoms with Gasteiger partial charge >= 0.3 is 0 Å². The summed E-state index contributed by atoms with van der Waals surface area (Å²) in [6.07, 6.45) is 1.95. The zero-order valence-electron chi connectivity index (χ0n) is 30.4. The molecule has 0 fully saturated rings. The average molecular weight is 680 g/mol. The number of aromatic nitrogens is 5. The summed E-state index contributed by atoms with van der Waals surface area (Å²) in [4.78, 5) is 5.04. The molecule has 0 N–H and O–H groups in total. The first-order valence-electron chi connectivity index (χ1n) is 18.1. The number of benzene rings is 5. The molecule has 0 atom stereocenters. The normalized spacial score (nSPS) is 12.0. The third kappa shape index (κ3) is 5.09. The lowest BCUT2D eigenvalue weighted by molar-refractivity contribution is 0.482. The van der Waals surface area contributed by atoms with Crippen LogP contribution >= 0.6 is 0 Å². The number of ether oxygens (including phenoxy) is 1. The fraction of sp³-hybridized carbons (Fsp3) is 0.174. The maximum absolute atomic E-state index is 6.55. The van der Waals surface area contributed by atoms with E-state index in [0.29, 0.717) is 11.8 Å². The lowest BCUT2D eigenvalue weighted by Gasteiger charge is -2.17. The van der Waals surface area contributed by atoms with Crippen LogP contribution in [0.25, 0.3) is 60.8 Å². The molecule has 9 aromatic rings. The summed E-state index contributed by atoms with van der Waals surface area (Å²) in [5.41, 5.74) is 11.4. The van der Waals surface area contributed by atoms with Crippen LogP contribution in [0.15, 0.2) is 128 Å². The van der Waals surface area contributed by atoms with Crippen molar-refractivity contribution in [3.8, 4) is 28.7 Å². The van der Waals surface area contributed by atoms with Crippen molar-refractivity contribution in [1.82, 2.24) is 23.9 Å². The van der Waals surface area contributed by atoms with Crippen molar-refractivity contribution in [1.29, 1.82) is 0 Å². The van der Waals surface area contributed by atoms with Crippen LogP contribution in [0.2, 0.25) is 0 Å². The van der Waals surface area contributed by atoms with Crippen molar-refractivity contribution in [2.75, 3.05) is 0 Å². The fourth-order valence-electron chi connectivity index (χ4n) is 7.99. The molecule has 0 saturated heterocycles. The molecular weight excluding hydrogens is 639 g/mol. The highest BCUT2D eigenvalue weighted by Crippen LogP contribution is 2.41. The van der Waals surface area contributed by atoms with Crippen molar-refractivity contribution >= 4 is 43.6 Å². The molecule has 0 unspecified atom stereocenters. The van der Waals surface area contributed by atoms with Crippen molar-refractivity contribution < 1.29 is 4.74 Å². The Balaban J connectivity index is 1.23. The number of nitrogens with zero attached hydrogens (tertiary/aromatic N) is 5. The van der Waals surface area contributed by atoms with Crippen molar-refractivity contribution in [2.45, 2.75) is 53.4 Å². The largest absolute Gasteiger partial charge is 0.457 e. The molecule has 5 aromatic carbocycles. The highest BCUT2D eigenvalue weighted by Gasteiger charge is 2.21. The van der Waals surface area contributed by atoms with E-state index in [1.807, 2.05) is 36.0 Å². The maximum atomic E-state index is 6.55. The van der Waals surface area contributed by atoms with E-state index in [-0.39, 0.29) is 0 Å². The van der Waals surface area contributed by atoms with Gasteiger partial charge in [0.15, 0.2) is 0 Å². The number of para-hydroxylation sites is 3. The van der Waals surface area contributed by atoms with Crippen LogP contribution in [-0.2, 0) is 0 Å². The van der Waals surface area contributed by atoms with Crippen molar-refractivity contribution in [3.63, 3.8) is 0 Å². The lowest BCUT2D eigenvalue weighted by Crippen LogP contribution is -2.04. The van der Waals surface area contributed by atoms with Gasteiger partial charge in [0.1, 0.15) is 17.3 Å². The first-order chi connectivity index (χ1) is 25.3. The predicted octanol–water partition coefficient (Wildman–Crippen LogP) is 12.1. The Morgan fingerprint density at radius 1 is 0.538 bits per heavy atom. The molecule has 0 aliphatic carbocycles. The van der Waals surface area contributed by atoms with Crippen LogP contribution in [0.4, 0.5) is 0 Å². The highest BCUT2D eigenvalue weighted by atomic mass is 16.5. The molecule has 0 bridgehead atoms. The fourth-order valence-corrected chi connectivity index (χ4v) is 7.99. The predicted molar refractivity (Wildman–Crippen MR) is 214 cm³/mol. The number of rotatable bonds is 7. The Morgan fingerprint density at radius 3 is 1.88 bits per heavy atom. The Hall–Kier alpha value is -6.14. The van der Waals surface area contributed by atoms with Crippen LogP contribution in [0.5, 0.6) is 11.5 Å². The molecule has 0 saturated carbocycles. The first kappa shape index (κ1) is 31.8. The molecule has 6 nitrogen and oxygen atoms in total. The number of aryl methyl sites for hydroxylation is 2. The Bertz CT molecular complexity index is 2750. The summed E-state index contributed by atoms with van der Waals surface area (Å²) in [6.45, 7) is 13.2. The molecule has 0 spiro atoms. The monoisotopic (exact) mass is 679 g/mol. The van der Waals surface area contributed by atoms with E-state index >= 15 is 0 Å². The molecule has 256 valence electrons. The van der Waals surface area contributed by atoms with Gasteiger partial charge in [-0.2, -0.15) is 5.10 Å². The summed E-state index contributed by atoms with van der Waals surface area (Å²) in [7, 11) is 0. The topological polar surface area (TPSA) is 49.8 Å². The minimum Gasteiger partial charge on any atom is -0.457 e. The standard InChI is InChI=1S/C46H41N5O/c1-28(2)36-15-10-17-40-41-18-11-16-37(29(3)4)46(41)49(45(36)40)32-22-23-47-44(26-32)50-42-19-8-7-14-38(42)39-21-20-35(27-43(39)50)52-34-13-9-12-33(25-34)51-31(6)24-30(5)48-51/h7-29H,1-6H3. The Morgan fingerprint density at radius 2 is 1.19 bits per heavy atom. The highest BCUT2D eigenvalue weighted by molar-refractivity contribution is 6.12. The van der Waals surface area contributed by atoms with Gasteiger partial charge in [0.2, 0.25) is 0 Å². The van der Waals surface area contributed by atoms with E-state index in [9.17, 15) is 0 Å². The zero-order chi connectivity index (χ0) is 35.7.